The Bertz CT molecular complexity index is 168. The summed E-state index contributed by atoms with van der Waals surface area (Å²) in [5, 5.41) is 9.34. The summed E-state index contributed by atoms with van der Waals surface area (Å²) in [6, 6.07) is 0. The maximum absolute atomic E-state index is 9.34. The monoisotopic (exact) mass is 170 g/mol. The second-order valence-corrected chi connectivity index (χ2v) is 8.96. The molecule has 1 N–H and O–H groups in total. The molecule has 1 atom stereocenters. The van der Waals surface area contributed by atoms with E-state index in [1.165, 1.54) is 0 Å². The number of aliphatic hydroxyl groups is 1. The first kappa shape index (κ1) is 10.7. The zero-order chi connectivity index (χ0) is 9.07. The highest BCUT2D eigenvalue weighted by Gasteiger charge is 2.09. The van der Waals surface area contributed by atoms with E-state index in [0.29, 0.717) is 0 Å². The van der Waals surface area contributed by atoms with Crippen molar-refractivity contribution in [3.8, 4) is 11.5 Å². The van der Waals surface area contributed by atoms with Crippen molar-refractivity contribution in [2.75, 3.05) is 0 Å². The van der Waals surface area contributed by atoms with Crippen LogP contribution >= 0.6 is 0 Å². The van der Waals surface area contributed by atoms with E-state index in [9.17, 15) is 5.11 Å². The van der Waals surface area contributed by atoms with Gasteiger partial charge in [0.05, 0.1) is 0 Å². The minimum absolute atomic E-state index is 0.249. The number of rotatable bonds is 1. The number of hydrogen-bond donors (Lipinski definition) is 1. The smallest absolute Gasteiger partial charge is 0.129 e. The van der Waals surface area contributed by atoms with E-state index in [2.05, 4.69) is 31.1 Å². The molecular formula is C9H18OSi. The van der Waals surface area contributed by atoms with Gasteiger partial charge in [-0.25, -0.2) is 0 Å². The molecule has 0 aliphatic carbocycles. The Hall–Kier alpha value is -0.263. The molecule has 0 aliphatic rings. The van der Waals surface area contributed by atoms with Crippen LogP contribution in [0.15, 0.2) is 0 Å². The molecular weight excluding hydrogens is 152 g/mol. The van der Waals surface area contributed by atoms with Gasteiger partial charge in [0.2, 0.25) is 0 Å². The van der Waals surface area contributed by atoms with Crippen LogP contribution in [0.2, 0.25) is 19.6 Å². The molecule has 0 aromatic heterocycles. The lowest BCUT2D eigenvalue weighted by Gasteiger charge is -2.08. The van der Waals surface area contributed by atoms with E-state index >= 15 is 0 Å². The summed E-state index contributed by atoms with van der Waals surface area (Å²) in [6.45, 7) is 10.5. The fraction of sp³-hybridized carbons (Fsp3) is 0.778. The van der Waals surface area contributed by atoms with E-state index in [1.54, 1.807) is 0 Å². The van der Waals surface area contributed by atoms with E-state index in [1.807, 2.05) is 13.8 Å². The quantitative estimate of drug-likeness (QED) is 0.470. The van der Waals surface area contributed by atoms with Gasteiger partial charge in [0.1, 0.15) is 14.2 Å². The third-order valence-electron chi connectivity index (χ3n) is 1.23. The summed E-state index contributed by atoms with van der Waals surface area (Å²) in [5.74, 6) is 3.14. The normalized spacial score (nSPS) is 14.1. The van der Waals surface area contributed by atoms with Gasteiger partial charge in [-0.1, -0.05) is 39.4 Å². The van der Waals surface area contributed by atoms with Crippen LogP contribution in [0.25, 0.3) is 0 Å². The summed E-state index contributed by atoms with van der Waals surface area (Å²) in [6.07, 6.45) is -0.443. The van der Waals surface area contributed by atoms with Gasteiger partial charge in [0.25, 0.3) is 0 Å². The van der Waals surface area contributed by atoms with E-state index in [4.69, 9.17) is 0 Å². The highest BCUT2D eigenvalue weighted by Crippen LogP contribution is 2.01. The second kappa shape index (κ2) is 3.94. The van der Waals surface area contributed by atoms with Crippen LogP contribution < -0.4 is 0 Å². The molecule has 0 aliphatic heterocycles. The van der Waals surface area contributed by atoms with Gasteiger partial charge in [0.15, 0.2) is 0 Å². The second-order valence-electron chi connectivity index (χ2n) is 4.21. The molecule has 2 heteroatoms. The lowest BCUT2D eigenvalue weighted by Crippen LogP contribution is -2.19. The third kappa shape index (κ3) is 6.15. The molecule has 0 amide bonds. The van der Waals surface area contributed by atoms with Gasteiger partial charge in [0, 0.05) is 0 Å². The zero-order valence-corrected chi connectivity index (χ0v) is 9.10. The Morgan fingerprint density at radius 2 is 1.64 bits per heavy atom. The van der Waals surface area contributed by atoms with Gasteiger partial charge in [-0.2, -0.15) is 0 Å². The largest absolute Gasteiger partial charge is 0.380 e. The summed E-state index contributed by atoms with van der Waals surface area (Å²) in [4.78, 5) is 0. The molecule has 0 aromatic carbocycles. The minimum atomic E-state index is -1.29. The first-order chi connectivity index (χ1) is 4.83. The predicted octanol–water partition coefficient (Wildman–Crippen LogP) is 1.88. The SMILES string of the molecule is CC(C)[C@H](O)C#C[Si](C)(C)C. The Morgan fingerprint density at radius 1 is 1.18 bits per heavy atom. The van der Waals surface area contributed by atoms with Crippen molar-refractivity contribution in [1.82, 2.24) is 0 Å². The fourth-order valence-electron chi connectivity index (χ4n) is 0.457. The molecule has 0 bridgehead atoms. The fourth-order valence-corrected chi connectivity index (χ4v) is 1.04. The average Bonchev–Trinajstić information content (AvgIpc) is 1.80. The number of aliphatic hydroxyl groups excluding tert-OH is 1. The molecule has 0 spiro atoms. The van der Waals surface area contributed by atoms with Gasteiger partial charge in [-0.3, -0.25) is 0 Å². The molecule has 64 valence electrons. The molecule has 0 aromatic rings. The van der Waals surface area contributed by atoms with Crippen LogP contribution in [0.1, 0.15) is 13.8 Å². The van der Waals surface area contributed by atoms with Crippen LogP contribution in [-0.2, 0) is 0 Å². The topological polar surface area (TPSA) is 20.2 Å². The molecule has 0 saturated heterocycles. The van der Waals surface area contributed by atoms with Crippen molar-refractivity contribution in [1.29, 1.82) is 0 Å². The van der Waals surface area contributed by atoms with Gasteiger partial charge in [-0.15, -0.1) is 5.54 Å². The van der Waals surface area contributed by atoms with Gasteiger partial charge < -0.3 is 5.11 Å². The maximum Gasteiger partial charge on any atom is 0.129 e. The van der Waals surface area contributed by atoms with Crippen LogP contribution in [-0.4, -0.2) is 19.3 Å². The predicted molar refractivity (Wildman–Crippen MR) is 52.0 cm³/mol. The molecule has 1 nitrogen and oxygen atoms in total. The average molecular weight is 170 g/mol. The Balaban J connectivity index is 4.08. The Kier molecular flexibility index (Phi) is 3.84. The van der Waals surface area contributed by atoms with Crippen molar-refractivity contribution in [3.63, 3.8) is 0 Å². The van der Waals surface area contributed by atoms with Gasteiger partial charge in [-0.05, 0) is 5.92 Å². The highest BCUT2D eigenvalue weighted by atomic mass is 28.3. The standard InChI is InChI=1S/C9H18OSi/c1-8(2)9(10)6-7-11(3,4)5/h8-10H,1-5H3/t9-/m1/s1. The molecule has 0 saturated carbocycles. The molecule has 11 heavy (non-hydrogen) atoms. The molecule has 0 unspecified atom stereocenters. The van der Waals surface area contributed by atoms with Gasteiger partial charge >= 0.3 is 0 Å². The van der Waals surface area contributed by atoms with Crippen LogP contribution in [0.5, 0.6) is 0 Å². The lowest BCUT2D eigenvalue weighted by atomic mass is 10.1. The first-order valence-electron chi connectivity index (χ1n) is 4.03. The Labute approximate surface area is 70.8 Å². The molecule has 0 radical (unpaired) electrons. The molecule has 0 rings (SSSR count). The van der Waals surface area contributed by atoms with Crippen molar-refractivity contribution < 1.29 is 5.11 Å². The van der Waals surface area contributed by atoms with E-state index in [0.717, 1.165) is 0 Å². The van der Waals surface area contributed by atoms with E-state index < -0.39 is 14.2 Å². The lowest BCUT2D eigenvalue weighted by molar-refractivity contribution is 0.181. The molecule has 0 fully saturated rings. The van der Waals surface area contributed by atoms with Crippen LogP contribution in [0, 0.1) is 17.4 Å². The summed E-state index contributed by atoms with van der Waals surface area (Å²) >= 11 is 0. The summed E-state index contributed by atoms with van der Waals surface area (Å²) < 4.78 is 0. The molecule has 0 heterocycles. The van der Waals surface area contributed by atoms with Crippen LogP contribution in [0.4, 0.5) is 0 Å². The van der Waals surface area contributed by atoms with E-state index in [-0.39, 0.29) is 5.92 Å². The third-order valence-corrected chi connectivity index (χ3v) is 2.12. The minimum Gasteiger partial charge on any atom is -0.380 e. The summed E-state index contributed by atoms with van der Waals surface area (Å²) in [7, 11) is -1.29. The summed E-state index contributed by atoms with van der Waals surface area (Å²) in [5.41, 5.74) is 3.14. The van der Waals surface area contributed by atoms with Crippen molar-refractivity contribution in [3.05, 3.63) is 0 Å². The first-order valence-corrected chi connectivity index (χ1v) is 7.53. The Morgan fingerprint density at radius 3 is 1.91 bits per heavy atom. The van der Waals surface area contributed by atoms with Crippen molar-refractivity contribution in [2.24, 2.45) is 5.92 Å². The van der Waals surface area contributed by atoms with Crippen molar-refractivity contribution in [2.45, 2.75) is 39.6 Å². The maximum atomic E-state index is 9.34. The number of hydrogen-bond acceptors (Lipinski definition) is 1. The van der Waals surface area contributed by atoms with Crippen LogP contribution in [0.3, 0.4) is 0 Å². The highest BCUT2D eigenvalue weighted by molar-refractivity contribution is 6.83. The van der Waals surface area contributed by atoms with Crippen molar-refractivity contribution >= 4 is 8.07 Å². The zero-order valence-electron chi connectivity index (χ0n) is 8.10.